The van der Waals surface area contributed by atoms with Crippen molar-refractivity contribution in [2.45, 2.75) is 38.1 Å². The average molecular weight is 286 g/mol. The normalized spacial score (nSPS) is 22.6. The number of carbonyl (C=O) groups is 1. The van der Waals surface area contributed by atoms with E-state index in [1.165, 1.54) is 20.0 Å². The number of hydrogen-bond acceptors (Lipinski definition) is 5. The fraction of sp³-hybridized carbons (Fsp3) is 0.933. The monoisotopic (exact) mass is 286 g/mol. The Bertz CT molecular complexity index is 293. The topological polar surface area (TPSA) is 50.8 Å². The van der Waals surface area contributed by atoms with Crippen LogP contribution in [0.1, 0.15) is 32.6 Å². The highest BCUT2D eigenvalue weighted by molar-refractivity contribution is 5.80. The molecule has 2 unspecified atom stereocenters. The van der Waals surface area contributed by atoms with Crippen LogP contribution in [0, 0.1) is 5.92 Å². The zero-order valence-electron chi connectivity index (χ0n) is 13.4. The summed E-state index contributed by atoms with van der Waals surface area (Å²) in [5.74, 6) is 0.466. The molecule has 0 bridgehead atoms. The van der Waals surface area contributed by atoms with Crippen molar-refractivity contribution >= 4 is 5.97 Å². The molecule has 0 aromatic heterocycles. The highest BCUT2D eigenvalue weighted by Crippen LogP contribution is 2.16. The van der Waals surface area contributed by atoms with E-state index >= 15 is 0 Å². The van der Waals surface area contributed by atoms with E-state index < -0.39 is 5.54 Å². The van der Waals surface area contributed by atoms with Gasteiger partial charge in [0.2, 0.25) is 0 Å². The van der Waals surface area contributed by atoms with Crippen LogP contribution in [0.3, 0.4) is 0 Å². The van der Waals surface area contributed by atoms with Crippen LogP contribution >= 0.6 is 0 Å². The Morgan fingerprint density at radius 2 is 2.30 bits per heavy atom. The van der Waals surface area contributed by atoms with Crippen LogP contribution in [0.15, 0.2) is 0 Å². The zero-order chi connectivity index (χ0) is 15.0. The summed E-state index contributed by atoms with van der Waals surface area (Å²) in [5.41, 5.74) is -0.580. The van der Waals surface area contributed by atoms with Gasteiger partial charge in [0.05, 0.1) is 13.7 Å². The van der Waals surface area contributed by atoms with E-state index in [-0.39, 0.29) is 5.97 Å². The zero-order valence-corrected chi connectivity index (χ0v) is 13.4. The molecule has 0 spiro atoms. The first-order chi connectivity index (χ1) is 9.51. The SMILES string of the molecule is CNC(C)(CCCN(C)CC1CCCOC1)C(=O)OC. The first-order valence-corrected chi connectivity index (χ1v) is 7.55. The average Bonchev–Trinajstić information content (AvgIpc) is 2.47. The maximum Gasteiger partial charge on any atom is 0.325 e. The maximum atomic E-state index is 11.7. The van der Waals surface area contributed by atoms with E-state index in [1.807, 2.05) is 6.92 Å². The fourth-order valence-electron chi connectivity index (χ4n) is 2.74. The quantitative estimate of drug-likeness (QED) is 0.681. The van der Waals surface area contributed by atoms with E-state index in [2.05, 4.69) is 17.3 Å². The number of nitrogens with zero attached hydrogens (tertiary/aromatic N) is 1. The molecule has 0 saturated carbocycles. The number of methoxy groups -OCH3 is 1. The van der Waals surface area contributed by atoms with Gasteiger partial charge in [0.15, 0.2) is 0 Å². The van der Waals surface area contributed by atoms with Crippen molar-refractivity contribution in [3.8, 4) is 0 Å². The molecule has 1 N–H and O–H groups in total. The van der Waals surface area contributed by atoms with Crippen LogP contribution in [0.5, 0.6) is 0 Å². The highest BCUT2D eigenvalue weighted by atomic mass is 16.5. The van der Waals surface area contributed by atoms with Crippen molar-refractivity contribution in [3.63, 3.8) is 0 Å². The summed E-state index contributed by atoms with van der Waals surface area (Å²) in [6, 6.07) is 0. The Labute approximate surface area is 123 Å². The minimum atomic E-state index is -0.580. The van der Waals surface area contributed by atoms with Crippen LogP contribution in [0.2, 0.25) is 0 Å². The molecule has 20 heavy (non-hydrogen) atoms. The van der Waals surface area contributed by atoms with E-state index in [4.69, 9.17) is 9.47 Å². The Morgan fingerprint density at radius 3 is 2.85 bits per heavy atom. The molecule has 1 rings (SSSR count). The molecule has 1 fully saturated rings. The molecule has 1 saturated heterocycles. The number of esters is 1. The van der Waals surface area contributed by atoms with E-state index in [0.29, 0.717) is 5.92 Å². The number of nitrogens with one attached hydrogen (secondary N) is 1. The third-order valence-electron chi connectivity index (χ3n) is 4.23. The lowest BCUT2D eigenvalue weighted by Crippen LogP contribution is -2.48. The first-order valence-electron chi connectivity index (χ1n) is 7.55. The lowest BCUT2D eigenvalue weighted by atomic mass is 9.95. The highest BCUT2D eigenvalue weighted by Gasteiger charge is 2.31. The predicted molar refractivity (Wildman–Crippen MR) is 79.8 cm³/mol. The number of carbonyl (C=O) groups excluding carboxylic acids is 1. The van der Waals surface area contributed by atoms with Gasteiger partial charge in [-0.05, 0) is 59.2 Å². The van der Waals surface area contributed by atoms with Crippen molar-refractivity contribution in [2.75, 3.05) is 47.5 Å². The Morgan fingerprint density at radius 1 is 1.55 bits per heavy atom. The van der Waals surface area contributed by atoms with Gasteiger partial charge in [0.1, 0.15) is 5.54 Å². The molecule has 1 heterocycles. The lowest BCUT2D eigenvalue weighted by Gasteiger charge is -2.29. The molecule has 0 aliphatic carbocycles. The number of hydrogen-bond donors (Lipinski definition) is 1. The molecule has 1 aliphatic heterocycles. The Hall–Kier alpha value is -0.650. The van der Waals surface area contributed by atoms with Gasteiger partial charge < -0.3 is 19.7 Å². The van der Waals surface area contributed by atoms with Gasteiger partial charge in [0, 0.05) is 13.2 Å². The predicted octanol–water partition coefficient (Wildman–Crippen LogP) is 1.28. The minimum Gasteiger partial charge on any atom is -0.468 e. The molecule has 5 nitrogen and oxygen atoms in total. The largest absolute Gasteiger partial charge is 0.468 e. The third kappa shape index (κ3) is 5.38. The van der Waals surface area contributed by atoms with Crippen LogP contribution < -0.4 is 5.32 Å². The molecule has 118 valence electrons. The second-order valence-corrected chi connectivity index (χ2v) is 6.02. The number of rotatable bonds is 8. The molecule has 5 heteroatoms. The van der Waals surface area contributed by atoms with Crippen molar-refractivity contribution < 1.29 is 14.3 Å². The molecular formula is C15H30N2O3. The molecule has 1 aliphatic rings. The molecular weight excluding hydrogens is 256 g/mol. The Kier molecular flexibility index (Phi) is 7.48. The summed E-state index contributed by atoms with van der Waals surface area (Å²) in [4.78, 5) is 14.1. The van der Waals surface area contributed by atoms with Crippen molar-refractivity contribution in [1.82, 2.24) is 10.2 Å². The molecule has 2 atom stereocenters. The van der Waals surface area contributed by atoms with Crippen molar-refractivity contribution in [2.24, 2.45) is 5.92 Å². The fourth-order valence-corrected chi connectivity index (χ4v) is 2.74. The van der Waals surface area contributed by atoms with Gasteiger partial charge >= 0.3 is 5.97 Å². The standard InChI is InChI=1S/C15H30N2O3/c1-15(16-2,14(18)19-4)8-6-9-17(3)11-13-7-5-10-20-12-13/h13,16H,5-12H2,1-4H3. The van der Waals surface area contributed by atoms with Gasteiger partial charge in [-0.3, -0.25) is 4.79 Å². The summed E-state index contributed by atoms with van der Waals surface area (Å²) >= 11 is 0. The first kappa shape index (κ1) is 17.4. The van der Waals surface area contributed by atoms with Crippen LogP contribution in [0.4, 0.5) is 0 Å². The summed E-state index contributed by atoms with van der Waals surface area (Å²) < 4.78 is 10.4. The molecule has 0 aromatic carbocycles. The second kappa shape index (κ2) is 8.60. The summed E-state index contributed by atoms with van der Waals surface area (Å²) in [7, 11) is 5.39. The maximum absolute atomic E-state index is 11.7. The van der Waals surface area contributed by atoms with Gasteiger partial charge in [-0.1, -0.05) is 0 Å². The van der Waals surface area contributed by atoms with Crippen LogP contribution in [-0.2, 0) is 14.3 Å². The van der Waals surface area contributed by atoms with E-state index in [0.717, 1.165) is 39.1 Å². The van der Waals surface area contributed by atoms with E-state index in [1.54, 1.807) is 7.05 Å². The number of likely N-dealkylation sites (N-methyl/N-ethyl adjacent to an activating group) is 1. The Balaban J connectivity index is 2.26. The number of ether oxygens (including phenoxy) is 2. The van der Waals surface area contributed by atoms with Gasteiger partial charge in [-0.25, -0.2) is 0 Å². The van der Waals surface area contributed by atoms with E-state index in [9.17, 15) is 4.79 Å². The third-order valence-corrected chi connectivity index (χ3v) is 4.23. The summed E-state index contributed by atoms with van der Waals surface area (Å²) in [6.07, 6.45) is 4.19. The van der Waals surface area contributed by atoms with Gasteiger partial charge in [-0.15, -0.1) is 0 Å². The smallest absolute Gasteiger partial charge is 0.325 e. The minimum absolute atomic E-state index is 0.191. The lowest BCUT2D eigenvalue weighted by molar-refractivity contribution is -0.148. The van der Waals surface area contributed by atoms with Crippen LogP contribution in [0.25, 0.3) is 0 Å². The molecule has 0 aromatic rings. The van der Waals surface area contributed by atoms with Crippen molar-refractivity contribution in [1.29, 1.82) is 0 Å². The summed E-state index contributed by atoms with van der Waals surface area (Å²) in [6.45, 7) is 5.77. The summed E-state index contributed by atoms with van der Waals surface area (Å²) in [5, 5.41) is 3.07. The van der Waals surface area contributed by atoms with Crippen LogP contribution in [-0.4, -0.2) is 63.9 Å². The van der Waals surface area contributed by atoms with Crippen molar-refractivity contribution in [3.05, 3.63) is 0 Å². The molecule has 0 amide bonds. The van der Waals surface area contributed by atoms with Gasteiger partial charge in [-0.2, -0.15) is 0 Å². The molecule has 0 radical (unpaired) electrons. The van der Waals surface area contributed by atoms with Gasteiger partial charge in [0.25, 0.3) is 0 Å². The second-order valence-electron chi connectivity index (χ2n) is 6.02.